The Morgan fingerprint density at radius 1 is 1.13 bits per heavy atom. The number of aromatic nitrogens is 1. The monoisotopic (exact) mass is 537 g/mol. The Labute approximate surface area is 203 Å². The lowest BCUT2D eigenvalue weighted by Gasteiger charge is -2.36. The molecule has 1 aliphatic heterocycles. The van der Waals surface area contributed by atoms with Crippen molar-refractivity contribution < 1.29 is 4.74 Å². The fraction of sp³-hybridized carbons (Fsp3) is 0.500. The molecule has 6 nitrogen and oxygen atoms in total. The molecular formula is C24H36IN5O. The summed E-state index contributed by atoms with van der Waals surface area (Å²) in [6.07, 6.45) is 2.38. The van der Waals surface area contributed by atoms with Gasteiger partial charge in [-0.25, -0.2) is 9.98 Å². The number of nitrogens with one attached hydrogen (secondary N) is 2. The van der Waals surface area contributed by atoms with Gasteiger partial charge in [-0.1, -0.05) is 29.8 Å². The van der Waals surface area contributed by atoms with Crippen molar-refractivity contribution in [2.75, 3.05) is 24.5 Å². The fourth-order valence-electron chi connectivity index (χ4n) is 3.80. The smallest absolute Gasteiger partial charge is 0.191 e. The minimum atomic E-state index is 0. The Morgan fingerprint density at radius 3 is 2.48 bits per heavy atom. The Balaban J connectivity index is 0.00000341. The Morgan fingerprint density at radius 2 is 1.87 bits per heavy atom. The number of anilines is 1. The lowest BCUT2D eigenvalue weighted by atomic mass is 10.1. The van der Waals surface area contributed by atoms with Gasteiger partial charge in [-0.3, -0.25) is 0 Å². The van der Waals surface area contributed by atoms with Crippen LogP contribution in [0.2, 0.25) is 0 Å². The maximum Gasteiger partial charge on any atom is 0.191 e. The zero-order valence-corrected chi connectivity index (χ0v) is 21.6. The van der Waals surface area contributed by atoms with Gasteiger partial charge in [-0.15, -0.1) is 24.0 Å². The molecule has 2 N–H and O–H groups in total. The van der Waals surface area contributed by atoms with E-state index in [1.165, 1.54) is 16.7 Å². The van der Waals surface area contributed by atoms with Crippen molar-refractivity contribution in [3.63, 3.8) is 0 Å². The van der Waals surface area contributed by atoms with Gasteiger partial charge >= 0.3 is 0 Å². The zero-order valence-electron chi connectivity index (χ0n) is 19.3. The summed E-state index contributed by atoms with van der Waals surface area (Å²) in [5.74, 6) is 1.82. The van der Waals surface area contributed by atoms with Crippen molar-refractivity contribution in [3.8, 4) is 0 Å². The molecule has 2 aromatic rings. The lowest BCUT2D eigenvalue weighted by molar-refractivity contribution is -0.00545. The highest BCUT2D eigenvalue weighted by molar-refractivity contribution is 14.0. The number of benzene rings is 1. The van der Waals surface area contributed by atoms with E-state index < -0.39 is 0 Å². The molecule has 0 spiro atoms. The molecular weight excluding hydrogens is 501 g/mol. The first-order chi connectivity index (χ1) is 14.4. The summed E-state index contributed by atoms with van der Waals surface area (Å²) in [5, 5.41) is 6.76. The van der Waals surface area contributed by atoms with Crippen molar-refractivity contribution in [2.45, 2.75) is 59.9 Å². The third-order valence-electron chi connectivity index (χ3n) is 5.26. The molecule has 1 saturated heterocycles. The van der Waals surface area contributed by atoms with Gasteiger partial charge in [0.15, 0.2) is 5.96 Å². The number of aliphatic imine (C=N–C) groups is 1. The standard InChI is InChI=1S/C24H35N5O.HI/c1-6-25-24(28-14-22-9-7-17(2)11-18(22)3)27-13-21-8-10-23(26-12-21)29-15-19(4)30-20(5)16-29;/h7-12,19-20H,6,13-16H2,1-5H3,(H2,25,27,28);1H. The molecule has 0 amide bonds. The van der Waals surface area contributed by atoms with Crippen LogP contribution in [0, 0.1) is 13.8 Å². The number of hydrogen-bond acceptors (Lipinski definition) is 4. The van der Waals surface area contributed by atoms with E-state index >= 15 is 0 Å². The first-order valence-electron chi connectivity index (χ1n) is 10.9. The molecule has 7 heteroatoms. The number of pyridine rings is 1. The van der Waals surface area contributed by atoms with Crippen molar-refractivity contribution in [1.29, 1.82) is 0 Å². The highest BCUT2D eigenvalue weighted by Gasteiger charge is 2.22. The van der Waals surface area contributed by atoms with Gasteiger partial charge in [0.1, 0.15) is 5.82 Å². The Hall–Kier alpha value is -1.87. The summed E-state index contributed by atoms with van der Waals surface area (Å²) in [5.41, 5.74) is 4.96. The minimum Gasteiger partial charge on any atom is -0.372 e. The Bertz CT molecular complexity index is 846. The van der Waals surface area contributed by atoms with Gasteiger partial charge in [-0.05, 0) is 57.4 Å². The normalized spacial score (nSPS) is 19.0. The number of aryl methyl sites for hydroxylation is 2. The third kappa shape index (κ3) is 7.64. The van der Waals surface area contributed by atoms with E-state index in [0.29, 0.717) is 6.54 Å². The Kier molecular flexibility index (Phi) is 10.0. The zero-order chi connectivity index (χ0) is 21.5. The average molecular weight is 537 g/mol. The summed E-state index contributed by atoms with van der Waals surface area (Å²) in [6, 6.07) is 10.7. The van der Waals surface area contributed by atoms with E-state index in [-0.39, 0.29) is 36.2 Å². The molecule has 1 fully saturated rings. The van der Waals surface area contributed by atoms with Gasteiger partial charge in [-0.2, -0.15) is 0 Å². The molecule has 0 saturated carbocycles. The summed E-state index contributed by atoms with van der Waals surface area (Å²) < 4.78 is 5.82. The van der Waals surface area contributed by atoms with Gasteiger partial charge < -0.3 is 20.3 Å². The minimum absolute atomic E-state index is 0. The van der Waals surface area contributed by atoms with Crippen LogP contribution in [0.15, 0.2) is 41.5 Å². The number of nitrogens with zero attached hydrogens (tertiary/aromatic N) is 3. The molecule has 31 heavy (non-hydrogen) atoms. The summed E-state index contributed by atoms with van der Waals surface area (Å²) >= 11 is 0. The second-order valence-electron chi connectivity index (χ2n) is 8.17. The van der Waals surface area contributed by atoms with Crippen molar-refractivity contribution >= 4 is 35.8 Å². The van der Waals surface area contributed by atoms with Crippen LogP contribution in [-0.2, 0) is 17.8 Å². The van der Waals surface area contributed by atoms with Crippen molar-refractivity contribution in [3.05, 3.63) is 58.8 Å². The molecule has 1 aromatic heterocycles. The largest absolute Gasteiger partial charge is 0.372 e. The summed E-state index contributed by atoms with van der Waals surface area (Å²) in [7, 11) is 0. The van der Waals surface area contributed by atoms with Crippen molar-refractivity contribution in [2.24, 2.45) is 4.99 Å². The molecule has 2 unspecified atom stereocenters. The molecule has 0 aliphatic carbocycles. The molecule has 170 valence electrons. The number of hydrogen-bond donors (Lipinski definition) is 2. The molecule has 2 heterocycles. The van der Waals surface area contributed by atoms with Crippen LogP contribution in [0.1, 0.15) is 43.0 Å². The maximum atomic E-state index is 5.82. The van der Waals surface area contributed by atoms with E-state index in [2.05, 4.69) is 85.5 Å². The molecule has 1 aliphatic rings. The molecule has 2 atom stereocenters. The highest BCUT2D eigenvalue weighted by Crippen LogP contribution is 2.18. The third-order valence-corrected chi connectivity index (χ3v) is 5.26. The van der Waals surface area contributed by atoms with E-state index in [0.717, 1.165) is 43.5 Å². The average Bonchev–Trinajstić information content (AvgIpc) is 2.71. The molecule has 0 radical (unpaired) electrons. The van der Waals surface area contributed by atoms with E-state index in [1.807, 2.05) is 6.20 Å². The van der Waals surface area contributed by atoms with Crippen molar-refractivity contribution in [1.82, 2.24) is 15.6 Å². The van der Waals surface area contributed by atoms with E-state index in [1.54, 1.807) is 0 Å². The number of halogens is 1. The van der Waals surface area contributed by atoms with E-state index in [4.69, 9.17) is 9.73 Å². The fourth-order valence-corrected chi connectivity index (χ4v) is 3.80. The van der Waals surface area contributed by atoms with Gasteiger partial charge in [0.25, 0.3) is 0 Å². The predicted molar refractivity (Wildman–Crippen MR) is 139 cm³/mol. The molecule has 0 bridgehead atoms. The lowest BCUT2D eigenvalue weighted by Crippen LogP contribution is -2.45. The second kappa shape index (κ2) is 12.2. The van der Waals surface area contributed by atoms with Crippen LogP contribution in [0.25, 0.3) is 0 Å². The first kappa shape index (κ1) is 25.4. The highest BCUT2D eigenvalue weighted by atomic mass is 127. The van der Waals surface area contributed by atoms with Gasteiger partial charge in [0.2, 0.25) is 0 Å². The topological polar surface area (TPSA) is 61.8 Å². The van der Waals surface area contributed by atoms with Crippen LogP contribution < -0.4 is 15.5 Å². The number of guanidine groups is 1. The molecule has 3 rings (SSSR count). The number of ether oxygens (including phenoxy) is 1. The van der Waals surface area contributed by atoms with Crippen LogP contribution in [-0.4, -0.2) is 42.8 Å². The quantitative estimate of drug-likeness (QED) is 0.329. The number of rotatable bonds is 6. The number of morpholine rings is 1. The predicted octanol–water partition coefficient (Wildman–Crippen LogP) is 4.19. The summed E-state index contributed by atoms with van der Waals surface area (Å²) in [4.78, 5) is 11.7. The van der Waals surface area contributed by atoms with Gasteiger partial charge in [0, 0.05) is 32.4 Å². The van der Waals surface area contributed by atoms with Crippen LogP contribution >= 0.6 is 24.0 Å². The van der Waals surface area contributed by atoms with Crippen LogP contribution in [0.4, 0.5) is 5.82 Å². The SMILES string of the molecule is CCNC(=NCc1ccc(N2CC(C)OC(C)C2)nc1)NCc1ccc(C)cc1C.I. The second-order valence-corrected chi connectivity index (χ2v) is 8.17. The van der Waals surface area contributed by atoms with Crippen LogP contribution in [0.5, 0.6) is 0 Å². The van der Waals surface area contributed by atoms with Gasteiger partial charge in [0.05, 0.1) is 18.8 Å². The van der Waals surface area contributed by atoms with Crippen LogP contribution in [0.3, 0.4) is 0 Å². The summed E-state index contributed by atoms with van der Waals surface area (Å²) in [6.45, 7) is 14.5. The van der Waals surface area contributed by atoms with E-state index in [9.17, 15) is 0 Å². The first-order valence-corrected chi connectivity index (χ1v) is 10.9. The maximum absolute atomic E-state index is 5.82. The molecule has 1 aromatic carbocycles.